The number of ketones is 1. The largest absolute Gasteiger partial charge is 0.497 e. The van der Waals surface area contributed by atoms with E-state index in [4.69, 9.17) is 9.47 Å². The average molecular weight is 364 g/mol. The Balaban J connectivity index is 1.93. The van der Waals surface area contributed by atoms with E-state index in [1.807, 2.05) is 24.3 Å². The molecule has 0 saturated heterocycles. The summed E-state index contributed by atoms with van der Waals surface area (Å²) in [5, 5.41) is 0. The second-order valence-corrected chi connectivity index (χ2v) is 6.20. The first-order valence-corrected chi connectivity index (χ1v) is 8.68. The van der Waals surface area contributed by atoms with Crippen molar-refractivity contribution in [3.8, 4) is 11.5 Å². The van der Waals surface area contributed by atoms with Crippen LogP contribution in [-0.2, 0) is 0 Å². The summed E-state index contributed by atoms with van der Waals surface area (Å²) in [6.07, 6.45) is 0.166. The Morgan fingerprint density at radius 1 is 0.852 bits per heavy atom. The molecule has 0 heterocycles. The maximum Gasteiger partial charge on any atom is 0.163 e. The number of Topliss-reactive ketones (excluding diaryl/α,β-unsaturated/α-hetero) is 1. The molecule has 0 radical (unpaired) electrons. The summed E-state index contributed by atoms with van der Waals surface area (Å²) in [5.41, 5.74) is 1.94. The summed E-state index contributed by atoms with van der Waals surface area (Å²) in [5.74, 6) is 0.647. The lowest BCUT2D eigenvalue weighted by molar-refractivity contribution is 0.0977. The van der Waals surface area contributed by atoms with E-state index < -0.39 is 0 Å². The molecule has 3 rings (SSSR count). The third-order valence-corrected chi connectivity index (χ3v) is 4.60. The van der Waals surface area contributed by atoms with Crippen LogP contribution in [0.5, 0.6) is 11.5 Å². The first-order chi connectivity index (χ1) is 13.1. The van der Waals surface area contributed by atoms with Crippen molar-refractivity contribution in [3.05, 3.63) is 95.3 Å². The lowest BCUT2D eigenvalue weighted by Crippen LogP contribution is -2.11. The van der Waals surface area contributed by atoms with Crippen LogP contribution in [0.25, 0.3) is 0 Å². The highest BCUT2D eigenvalue weighted by atomic mass is 19.1. The molecule has 0 aliphatic carbocycles. The normalized spacial score (nSPS) is 11.7. The van der Waals surface area contributed by atoms with Gasteiger partial charge in [0, 0.05) is 17.9 Å². The number of carbonyl (C=O) groups is 1. The van der Waals surface area contributed by atoms with Crippen molar-refractivity contribution in [1.82, 2.24) is 0 Å². The van der Waals surface area contributed by atoms with E-state index in [2.05, 4.69) is 0 Å². The summed E-state index contributed by atoms with van der Waals surface area (Å²) in [4.78, 5) is 12.8. The van der Waals surface area contributed by atoms with Crippen LogP contribution in [0.4, 0.5) is 4.39 Å². The maximum absolute atomic E-state index is 14.5. The van der Waals surface area contributed by atoms with Crippen molar-refractivity contribution < 1.29 is 18.7 Å². The van der Waals surface area contributed by atoms with E-state index in [0.717, 1.165) is 5.56 Å². The van der Waals surface area contributed by atoms with Crippen LogP contribution in [0, 0.1) is 5.82 Å². The van der Waals surface area contributed by atoms with Crippen molar-refractivity contribution in [2.75, 3.05) is 14.2 Å². The maximum atomic E-state index is 14.5. The van der Waals surface area contributed by atoms with Gasteiger partial charge < -0.3 is 9.47 Å². The van der Waals surface area contributed by atoms with Crippen molar-refractivity contribution in [1.29, 1.82) is 0 Å². The van der Waals surface area contributed by atoms with Crippen molar-refractivity contribution in [2.24, 2.45) is 0 Å². The van der Waals surface area contributed by atoms with Gasteiger partial charge in [0.15, 0.2) is 5.78 Å². The number of carbonyl (C=O) groups excluding carboxylic acids is 1. The fraction of sp³-hybridized carbons (Fsp3) is 0.174. The Bertz CT molecular complexity index is 902. The Morgan fingerprint density at radius 3 is 1.96 bits per heavy atom. The Hall–Kier alpha value is -3.14. The predicted octanol–water partition coefficient (Wildman–Crippen LogP) is 5.25. The highest BCUT2D eigenvalue weighted by Crippen LogP contribution is 2.32. The quantitative estimate of drug-likeness (QED) is 0.537. The molecule has 1 unspecified atom stereocenters. The number of rotatable bonds is 7. The minimum absolute atomic E-state index is 0.0540. The number of hydrogen-bond acceptors (Lipinski definition) is 3. The van der Waals surface area contributed by atoms with Gasteiger partial charge in [-0.25, -0.2) is 4.39 Å². The van der Waals surface area contributed by atoms with Gasteiger partial charge in [-0.15, -0.1) is 0 Å². The summed E-state index contributed by atoms with van der Waals surface area (Å²) in [6, 6.07) is 20.9. The number of ether oxygens (including phenoxy) is 2. The molecule has 3 aromatic carbocycles. The van der Waals surface area contributed by atoms with Crippen LogP contribution in [0.2, 0.25) is 0 Å². The van der Waals surface area contributed by atoms with Gasteiger partial charge in [0.25, 0.3) is 0 Å². The lowest BCUT2D eigenvalue weighted by Gasteiger charge is -2.18. The molecule has 4 heteroatoms. The second-order valence-electron chi connectivity index (χ2n) is 6.20. The van der Waals surface area contributed by atoms with E-state index in [0.29, 0.717) is 22.6 Å². The van der Waals surface area contributed by atoms with Gasteiger partial charge in [0.2, 0.25) is 0 Å². The van der Waals surface area contributed by atoms with Crippen LogP contribution in [-0.4, -0.2) is 20.0 Å². The second kappa shape index (κ2) is 8.49. The zero-order valence-corrected chi connectivity index (χ0v) is 15.3. The van der Waals surface area contributed by atoms with Crippen LogP contribution >= 0.6 is 0 Å². The van der Waals surface area contributed by atoms with Crippen molar-refractivity contribution in [3.63, 3.8) is 0 Å². The van der Waals surface area contributed by atoms with Crippen LogP contribution < -0.4 is 9.47 Å². The molecule has 138 valence electrons. The minimum Gasteiger partial charge on any atom is -0.497 e. The monoisotopic (exact) mass is 364 g/mol. The summed E-state index contributed by atoms with van der Waals surface area (Å²) in [6.45, 7) is 0. The first kappa shape index (κ1) is 18.6. The van der Waals surface area contributed by atoms with Gasteiger partial charge in [-0.2, -0.15) is 0 Å². The fourth-order valence-electron chi connectivity index (χ4n) is 3.08. The van der Waals surface area contributed by atoms with Crippen LogP contribution in [0.15, 0.2) is 72.8 Å². The molecular weight excluding hydrogens is 343 g/mol. The summed E-state index contributed by atoms with van der Waals surface area (Å²) >= 11 is 0. The van der Waals surface area contributed by atoms with Crippen molar-refractivity contribution in [2.45, 2.75) is 12.3 Å². The van der Waals surface area contributed by atoms with Crippen LogP contribution in [0.3, 0.4) is 0 Å². The molecule has 3 aromatic rings. The molecule has 0 aromatic heterocycles. The molecule has 0 aliphatic heterocycles. The highest BCUT2D eigenvalue weighted by molar-refractivity contribution is 5.97. The molecule has 0 fully saturated rings. The zero-order chi connectivity index (χ0) is 19.2. The average Bonchev–Trinajstić information content (AvgIpc) is 2.72. The minimum atomic E-state index is -0.383. The first-order valence-electron chi connectivity index (χ1n) is 8.68. The number of methoxy groups -OCH3 is 2. The van der Waals surface area contributed by atoms with Crippen molar-refractivity contribution >= 4 is 5.78 Å². The fourth-order valence-corrected chi connectivity index (χ4v) is 3.08. The molecule has 0 N–H and O–H groups in total. The lowest BCUT2D eigenvalue weighted by atomic mass is 9.85. The number of halogens is 1. The zero-order valence-electron chi connectivity index (χ0n) is 15.3. The highest BCUT2D eigenvalue weighted by Gasteiger charge is 2.22. The van der Waals surface area contributed by atoms with E-state index in [9.17, 15) is 9.18 Å². The Morgan fingerprint density at radius 2 is 1.41 bits per heavy atom. The SMILES string of the molecule is COc1ccc(C(=O)CC(c2ccc(OC)cc2)c2ccccc2F)cc1. The molecular formula is C23H21FO3. The van der Waals surface area contributed by atoms with Gasteiger partial charge >= 0.3 is 0 Å². The number of benzene rings is 3. The van der Waals surface area contributed by atoms with Gasteiger partial charge in [0.05, 0.1) is 14.2 Å². The molecule has 3 nitrogen and oxygen atoms in total. The van der Waals surface area contributed by atoms with E-state index in [-0.39, 0.29) is 23.9 Å². The summed E-state index contributed by atoms with van der Waals surface area (Å²) < 4.78 is 24.8. The van der Waals surface area contributed by atoms with Gasteiger partial charge in [0.1, 0.15) is 17.3 Å². The van der Waals surface area contributed by atoms with Gasteiger partial charge in [-0.3, -0.25) is 4.79 Å². The molecule has 0 aliphatic rings. The molecule has 0 bridgehead atoms. The molecule has 0 spiro atoms. The third-order valence-electron chi connectivity index (χ3n) is 4.60. The third kappa shape index (κ3) is 4.34. The standard InChI is InChI=1S/C23H21FO3/c1-26-18-11-7-16(8-12-18)21(20-5-3-4-6-22(20)24)15-23(25)17-9-13-19(27-2)14-10-17/h3-14,21H,15H2,1-2H3. The van der Waals surface area contributed by atoms with Crippen LogP contribution in [0.1, 0.15) is 33.8 Å². The molecule has 0 saturated carbocycles. The molecule has 27 heavy (non-hydrogen) atoms. The smallest absolute Gasteiger partial charge is 0.163 e. The van der Waals surface area contributed by atoms with E-state index >= 15 is 0 Å². The topological polar surface area (TPSA) is 35.5 Å². The number of hydrogen-bond donors (Lipinski definition) is 0. The van der Waals surface area contributed by atoms with Gasteiger partial charge in [-0.05, 0) is 53.6 Å². The predicted molar refractivity (Wildman–Crippen MR) is 103 cm³/mol. The molecule has 0 amide bonds. The molecule has 1 atom stereocenters. The Labute approximate surface area is 158 Å². The van der Waals surface area contributed by atoms with Gasteiger partial charge in [-0.1, -0.05) is 30.3 Å². The van der Waals surface area contributed by atoms with E-state index in [1.165, 1.54) is 6.07 Å². The Kier molecular flexibility index (Phi) is 5.87. The van der Waals surface area contributed by atoms with E-state index in [1.54, 1.807) is 56.7 Å². The summed E-state index contributed by atoms with van der Waals surface area (Å²) in [7, 11) is 3.17.